The van der Waals surface area contributed by atoms with Crippen LogP contribution in [0.2, 0.25) is 0 Å². The van der Waals surface area contributed by atoms with Gasteiger partial charge >= 0.3 is 12.1 Å². The van der Waals surface area contributed by atoms with Gasteiger partial charge in [-0.3, -0.25) is 10.1 Å². The maximum atomic E-state index is 12.2. The number of nitrogens with zero attached hydrogens (tertiary/aromatic N) is 1. The maximum absolute atomic E-state index is 12.2. The van der Waals surface area contributed by atoms with Gasteiger partial charge in [0.15, 0.2) is 0 Å². The number of fused-ring (bicyclic) bond motifs is 3. The number of benzene rings is 3. The lowest BCUT2D eigenvalue weighted by Gasteiger charge is -2.14. The number of carbonyl (C=O) groups excluding carboxylic acids is 1. The molecule has 0 spiro atoms. The third-order valence-electron chi connectivity index (χ3n) is 5.55. The minimum Gasteiger partial charge on any atom is -0.478 e. The smallest absolute Gasteiger partial charge is 0.407 e. The molecular weight excluding hydrogens is 436 g/mol. The Labute approximate surface area is 195 Å². The number of amides is 1. The fourth-order valence-corrected chi connectivity index (χ4v) is 4.03. The highest BCUT2D eigenvalue weighted by Crippen LogP contribution is 2.44. The van der Waals surface area contributed by atoms with Gasteiger partial charge in [-0.1, -0.05) is 66.4 Å². The highest BCUT2D eigenvalue weighted by molar-refractivity contribution is 5.92. The summed E-state index contributed by atoms with van der Waals surface area (Å²) in [7, 11) is 0. The minimum atomic E-state index is -1.30. The maximum Gasteiger partial charge on any atom is 0.407 e. The Balaban J connectivity index is 1.34. The molecule has 0 fully saturated rings. The summed E-state index contributed by atoms with van der Waals surface area (Å²) in [5.41, 5.74) is 3.71. The topological polar surface area (TPSA) is 119 Å². The number of hydrogen-bond donors (Lipinski definition) is 2. The summed E-state index contributed by atoms with van der Waals surface area (Å²) < 4.78 is 5.44. The first-order chi connectivity index (χ1) is 16.5. The Hall–Kier alpha value is -4.64. The molecule has 1 aliphatic rings. The highest BCUT2D eigenvalue weighted by atomic mass is 16.6. The van der Waals surface area contributed by atoms with Crippen LogP contribution in [0.4, 0.5) is 10.5 Å². The number of carboxylic acids is 1. The van der Waals surface area contributed by atoms with E-state index in [9.17, 15) is 24.8 Å². The second-order valence-electron chi connectivity index (χ2n) is 7.57. The van der Waals surface area contributed by atoms with E-state index in [2.05, 4.69) is 29.3 Å². The Morgan fingerprint density at radius 3 is 2.26 bits per heavy atom. The van der Waals surface area contributed by atoms with Crippen molar-refractivity contribution in [2.45, 2.75) is 12.3 Å². The predicted octanol–water partition coefficient (Wildman–Crippen LogP) is 4.57. The van der Waals surface area contributed by atoms with E-state index in [1.54, 1.807) is 0 Å². The van der Waals surface area contributed by atoms with E-state index in [-0.39, 0.29) is 42.3 Å². The molecule has 0 atom stereocenters. The zero-order valence-electron chi connectivity index (χ0n) is 18.0. The second-order valence-corrected chi connectivity index (χ2v) is 7.57. The largest absolute Gasteiger partial charge is 0.478 e. The molecule has 0 radical (unpaired) electrons. The van der Waals surface area contributed by atoms with Gasteiger partial charge in [0.2, 0.25) is 0 Å². The lowest BCUT2D eigenvalue weighted by Crippen LogP contribution is -2.26. The van der Waals surface area contributed by atoms with E-state index in [1.807, 2.05) is 36.4 Å². The van der Waals surface area contributed by atoms with E-state index in [0.717, 1.165) is 22.3 Å². The number of aromatic carboxylic acids is 1. The van der Waals surface area contributed by atoms with Crippen molar-refractivity contribution in [1.29, 1.82) is 0 Å². The molecule has 8 heteroatoms. The summed E-state index contributed by atoms with van der Waals surface area (Å²) >= 11 is 0. The van der Waals surface area contributed by atoms with E-state index in [4.69, 9.17) is 4.74 Å². The minimum absolute atomic E-state index is 0.0500. The van der Waals surface area contributed by atoms with E-state index in [1.165, 1.54) is 18.2 Å². The number of carbonyl (C=O) groups is 2. The molecule has 0 saturated heterocycles. The SMILES string of the molecule is O=C(NCCC#Cc1c(C(=O)O)cccc1[N+](=O)[O-])OCC1c2ccccc2-c2ccccc21. The van der Waals surface area contributed by atoms with Gasteiger partial charge < -0.3 is 15.2 Å². The van der Waals surface area contributed by atoms with Crippen molar-refractivity contribution in [3.05, 3.63) is 99.1 Å². The van der Waals surface area contributed by atoms with Crippen LogP contribution in [0, 0.1) is 22.0 Å². The quantitative estimate of drug-likeness (QED) is 0.243. The summed E-state index contributed by atoms with van der Waals surface area (Å²) in [4.78, 5) is 34.0. The molecule has 8 nitrogen and oxygen atoms in total. The third kappa shape index (κ3) is 4.59. The Bertz CT molecular complexity index is 1260. The van der Waals surface area contributed by atoms with Gasteiger partial charge in [-0.2, -0.15) is 0 Å². The summed E-state index contributed by atoms with van der Waals surface area (Å²) in [5, 5.41) is 23.0. The van der Waals surface area contributed by atoms with E-state index < -0.39 is 17.0 Å². The molecular formula is C26H20N2O6. The molecule has 3 aromatic rings. The van der Waals surface area contributed by atoms with Gasteiger partial charge in [-0.05, 0) is 28.3 Å². The van der Waals surface area contributed by atoms with Crippen LogP contribution in [0.3, 0.4) is 0 Å². The van der Waals surface area contributed by atoms with Crippen LogP contribution >= 0.6 is 0 Å². The first-order valence-corrected chi connectivity index (χ1v) is 10.6. The molecule has 34 heavy (non-hydrogen) atoms. The summed E-state index contributed by atoms with van der Waals surface area (Å²) in [6.07, 6.45) is -0.435. The van der Waals surface area contributed by atoms with Crippen LogP contribution in [0.5, 0.6) is 0 Å². The Kier molecular flexibility index (Phi) is 6.55. The van der Waals surface area contributed by atoms with E-state index in [0.29, 0.717) is 0 Å². The van der Waals surface area contributed by atoms with Gasteiger partial charge in [0.1, 0.15) is 12.2 Å². The average Bonchev–Trinajstić information content (AvgIpc) is 3.16. The van der Waals surface area contributed by atoms with Crippen molar-refractivity contribution in [3.63, 3.8) is 0 Å². The molecule has 0 saturated carbocycles. The van der Waals surface area contributed by atoms with Gasteiger partial charge in [-0.15, -0.1) is 0 Å². The molecule has 3 aromatic carbocycles. The first-order valence-electron chi connectivity index (χ1n) is 10.6. The zero-order chi connectivity index (χ0) is 24.1. The predicted molar refractivity (Wildman–Crippen MR) is 125 cm³/mol. The van der Waals surface area contributed by atoms with Gasteiger partial charge in [0.05, 0.1) is 10.5 Å². The molecule has 2 N–H and O–H groups in total. The van der Waals surface area contributed by atoms with Crippen LogP contribution in [-0.2, 0) is 4.74 Å². The van der Waals surface area contributed by atoms with Crippen molar-refractivity contribution in [1.82, 2.24) is 5.32 Å². The molecule has 1 amide bonds. The molecule has 0 heterocycles. The van der Waals surface area contributed by atoms with Crippen molar-refractivity contribution in [2.24, 2.45) is 0 Å². The summed E-state index contributed by atoms with van der Waals surface area (Å²) in [5.74, 6) is 3.88. The van der Waals surface area contributed by atoms with Crippen LogP contribution in [0.15, 0.2) is 66.7 Å². The Morgan fingerprint density at radius 1 is 1.00 bits per heavy atom. The number of hydrogen-bond acceptors (Lipinski definition) is 5. The van der Waals surface area contributed by atoms with Gasteiger partial charge in [-0.25, -0.2) is 9.59 Å². The number of ether oxygens (including phenoxy) is 1. The second kappa shape index (κ2) is 9.88. The number of nitro groups is 1. The van der Waals surface area contributed by atoms with Crippen molar-refractivity contribution in [3.8, 4) is 23.0 Å². The fourth-order valence-electron chi connectivity index (χ4n) is 4.03. The van der Waals surface area contributed by atoms with E-state index >= 15 is 0 Å². The molecule has 0 bridgehead atoms. The number of alkyl carbamates (subject to hydrolysis) is 1. The standard InChI is InChI=1S/C26H20N2O6/c29-25(30)22-13-7-14-24(28(32)33)21(22)12-5-6-15-27-26(31)34-16-23-19-10-3-1-8-17(19)18-9-2-4-11-20(18)23/h1-4,7-11,13-14,23H,6,15-16H2,(H,27,31)(H,29,30). The van der Waals surface area contributed by atoms with Gasteiger partial charge in [0.25, 0.3) is 5.69 Å². The molecule has 0 aliphatic heterocycles. The van der Waals surface area contributed by atoms with Crippen molar-refractivity contribution < 1.29 is 24.4 Å². The first kappa shape index (κ1) is 22.6. The summed E-state index contributed by atoms with van der Waals surface area (Å²) in [6.45, 7) is 0.330. The van der Waals surface area contributed by atoms with Gasteiger partial charge in [0, 0.05) is 24.9 Å². The average molecular weight is 456 g/mol. The van der Waals surface area contributed by atoms with Crippen LogP contribution in [0.25, 0.3) is 11.1 Å². The third-order valence-corrected chi connectivity index (χ3v) is 5.55. The van der Waals surface area contributed by atoms with Crippen LogP contribution < -0.4 is 5.32 Å². The Morgan fingerprint density at radius 2 is 1.65 bits per heavy atom. The number of nitrogens with one attached hydrogen (secondary N) is 1. The zero-order valence-corrected chi connectivity index (χ0v) is 18.0. The number of carboxylic acid groups (broad SMARTS) is 1. The molecule has 4 rings (SSSR count). The monoisotopic (exact) mass is 456 g/mol. The summed E-state index contributed by atoms with van der Waals surface area (Å²) in [6, 6.07) is 19.8. The molecule has 0 unspecified atom stereocenters. The number of rotatable bonds is 6. The molecule has 170 valence electrons. The fraction of sp³-hybridized carbons (Fsp3) is 0.154. The molecule has 1 aliphatic carbocycles. The lowest BCUT2D eigenvalue weighted by molar-refractivity contribution is -0.385. The molecule has 0 aromatic heterocycles. The van der Waals surface area contributed by atoms with Crippen molar-refractivity contribution in [2.75, 3.05) is 13.2 Å². The normalized spacial score (nSPS) is 11.5. The van der Waals surface area contributed by atoms with Crippen molar-refractivity contribution >= 4 is 17.7 Å². The number of nitro benzene ring substituents is 1. The lowest BCUT2D eigenvalue weighted by atomic mass is 9.98. The van der Waals surface area contributed by atoms with Crippen LogP contribution in [0.1, 0.15) is 39.4 Å². The van der Waals surface area contributed by atoms with Crippen LogP contribution in [-0.4, -0.2) is 35.2 Å². The highest BCUT2D eigenvalue weighted by Gasteiger charge is 2.29.